The molecule has 0 fully saturated rings. The topological polar surface area (TPSA) is 32.3 Å². The van der Waals surface area contributed by atoms with E-state index in [1.165, 1.54) is 103 Å². The average Bonchev–Trinajstić information content (AvgIpc) is 2.72. The second-order valence-corrected chi connectivity index (χ2v) is 9.26. The van der Waals surface area contributed by atoms with Crippen molar-refractivity contribution in [1.82, 2.24) is 10.2 Å². The Morgan fingerprint density at radius 3 is 1.63 bits per heavy atom. The molecule has 0 rings (SSSR count). The number of allylic oxidation sites excluding steroid dienone is 2. The van der Waals surface area contributed by atoms with Gasteiger partial charge in [0.15, 0.2) is 0 Å². The Kier molecular flexibility index (Phi) is 23.8. The van der Waals surface area contributed by atoms with Crippen LogP contribution in [0.25, 0.3) is 0 Å². The summed E-state index contributed by atoms with van der Waals surface area (Å²) >= 11 is 0. The fraction of sp³-hybridized carbons (Fsp3) is 0.889. The highest BCUT2D eigenvalue weighted by Crippen LogP contribution is 2.11. The molecule has 0 saturated carbocycles. The van der Waals surface area contributed by atoms with Crippen LogP contribution in [0.3, 0.4) is 0 Å². The van der Waals surface area contributed by atoms with E-state index < -0.39 is 0 Å². The van der Waals surface area contributed by atoms with Crippen molar-refractivity contribution in [3.8, 4) is 0 Å². The Morgan fingerprint density at radius 1 is 0.667 bits per heavy atom. The van der Waals surface area contributed by atoms with Crippen molar-refractivity contribution >= 4 is 5.91 Å². The van der Waals surface area contributed by atoms with Crippen LogP contribution < -0.4 is 5.32 Å². The molecule has 0 atom stereocenters. The molecule has 0 aliphatic heterocycles. The van der Waals surface area contributed by atoms with Gasteiger partial charge in [0.1, 0.15) is 0 Å². The summed E-state index contributed by atoms with van der Waals surface area (Å²) in [6, 6.07) is 0. The monoisotopic (exact) mass is 422 g/mol. The molecule has 0 radical (unpaired) electrons. The van der Waals surface area contributed by atoms with Gasteiger partial charge in [0.25, 0.3) is 0 Å². The van der Waals surface area contributed by atoms with E-state index in [0.29, 0.717) is 6.42 Å². The summed E-state index contributed by atoms with van der Waals surface area (Å²) in [4.78, 5) is 13.8. The standard InChI is InChI=1S/C27H54N2O/c1-4-5-6-7-8-9-10-11-12-13-14-15-16-17-18-19-20-21-22-25-28-27(30)24-23-26-29(2)3/h11-12H,4-10,13-26H2,1-3H3,(H,28,30)/b12-11-. The Morgan fingerprint density at radius 2 is 1.13 bits per heavy atom. The zero-order chi connectivity index (χ0) is 22.1. The second kappa shape index (κ2) is 24.4. The summed E-state index contributed by atoms with van der Waals surface area (Å²) in [7, 11) is 4.10. The highest BCUT2D eigenvalue weighted by atomic mass is 16.1. The summed E-state index contributed by atoms with van der Waals surface area (Å²) < 4.78 is 0. The summed E-state index contributed by atoms with van der Waals surface area (Å²) in [6.07, 6.45) is 29.4. The van der Waals surface area contributed by atoms with Gasteiger partial charge in [-0.2, -0.15) is 0 Å². The molecule has 0 spiro atoms. The maximum atomic E-state index is 11.7. The lowest BCUT2D eigenvalue weighted by molar-refractivity contribution is -0.121. The van der Waals surface area contributed by atoms with Crippen molar-refractivity contribution in [2.75, 3.05) is 27.2 Å². The van der Waals surface area contributed by atoms with Gasteiger partial charge in [0, 0.05) is 13.0 Å². The number of unbranched alkanes of at least 4 members (excludes halogenated alkanes) is 15. The first-order valence-electron chi connectivity index (χ1n) is 13.2. The van der Waals surface area contributed by atoms with Gasteiger partial charge in [-0.05, 0) is 59.2 Å². The predicted octanol–water partition coefficient (Wildman–Crippen LogP) is 7.65. The van der Waals surface area contributed by atoms with E-state index >= 15 is 0 Å². The fourth-order valence-corrected chi connectivity index (χ4v) is 3.77. The molecule has 3 nitrogen and oxygen atoms in total. The van der Waals surface area contributed by atoms with Crippen molar-refractivity contribution in [2.45, 2.75) is 129 Å². The lowest BCUT2D eigenvalue weighted by atomic mass is 10.1. The molecular weight excluding hydrogens is 368 g/mol. The molecule has 3 heteroatoms. The maximum Gasteiger partial charge on any atom is 0.220 e. The lowest BCUT2D eigenvalue weighted by Crippen LogP contribution is -2.25. The first-order chi connectivity index (χ1) is 14.7. The minimum Gasteiger partial charge on any atom is -0.356 e. The van der Waals surface area contributed by atoms with E-state index in [-0.39, 0.29) is 5.91 Å². The largest absolute Gasteiger partial charge is 0.356 e. The van der Waals surface area contributed by atoms with Gasteiger partial charge in [-0.1, -0.05) is 96.1 Å². The normalized spacial score (nSPS) is 11.6. The van der Waals surface area contributed by atoms with Crippen LogP contribution >= 0.6 is 0 Å². The third-order valence-electron chi connectivity index (χ3n) is 5.77. The highest BCUT2D eigenvalue weighted by Gasteiger charge is 2.01. The van der Waals surface area contributed by atoms with Crippen molar-refractivity contribution in [3.63, 3.8) is 0 Å². The number of hydrogen-bond donors (Lipinski definition) is 1. The molecule has 178 valence electrons. The summed E-state index contributed by atoms with van der Waals surface area (Å²) in [6.45, 7) is 4.13. The Bertz CT molecular complexity index is 379. The molecule has 0 aromatic rings. The van der Waals surface area contributed by atoms with Gasteiger partial charge >= 0.3 is 0 Å². The smallest absolute Gasteiger partial charge is 0.220 e. The van der Waals surface area contributed by atoms with E-state index in [9.17, 15) is 4.79 Å². The first-order valence-corrected chi connectivity index (χ1v) is 13.2. The second-order valence-electron chi connectivity index (χ2n) is 9.26. The minimum absolute atomic E-state index is 0.217. The molecule has 0 saturated heterocycles. The van der Waals surface area contributed by atoms with Crippen LogP contribution in [-0.2, 0) is 4.79 Å². The summed E-state index contributed by atoms with van der Waals surface area (Å²) in [5, 5.41) is 3.05. The van der Waals surface area contributed by atoms with E-state index in [0.717, 1.165) is 25.9 Å². The number of carbonyl (C=O) groups excluding carboxylic acids is 1. The minimum atomic E-state index is 0.217. The number of rotatable bonds is 23. The molecule has 0 aromatic carbocycles. The molecule has 0 aliphatic rings. The SMILES string of the molecule is CCCCCCCC/C=C\CCCCCCCCCCCNC(=O)CCCN(C)C. The summed E-state index contributed by atoms with van der Waals surface area (Å²) in [5.41, 5.74) is 0. The average molecular weight is 423 g/mol. The van der Waals surface area contributed by atoms with Gasteiger partial charge in [0.2, 0.25) is 5.91 Å². The zero-order valence-corrected chi connectivity index (χ0v) is 20.9. The third kappa shape index (κ3) is 25.2. The van der Waals surface area contributed by atoms with Gasteiger partial charge in [-0.15, -0.1) is 0 Å². The maximum absolute atomic E-state index is 11.7. The van der Waals surface area contributed by atoms with Gasteiger partial charge in [-0.3, -0.25) is 4.79 Å². The van der Waals surface area contributed by atoms with E-state index in [4.69, 9.17) is 0 Å². The summed E-state index contributed by atoms with van der Waals surface area (Å²) in [5.74, 6) is 0.217. The predicted molar refractivity (Wildman–Crippen MR) is 134 cm³/mol. The first kappa shape index (κ1) is 29.2. The van der Waals surface area contributed by atoms with Crippen LogP contribution in [0.4, 0.5) is 0 Å². The lowest BCUT2D eigenvalue weighted by Gasteiger charge is -2.09. The quantitative estimate of drug-likeness (QED) is 0.135. The van der Waals surface area contributed by atoms with Gasteiger partial charge < -0.3 is 10.2 Å². The molecule has 0 aliphatic carbocycles. The molecule has 0 unspecified atom stereocenters. The van der Waals surface area contributed by atoms with Crippen molar-refractivity contribution in [2.24, 2.45) is 0 Å². The zero-order valence-electron chi connectivity index (χ0n) is 20.9. The number of hydrogen-bond acceptors (Lipinski definition) is 2. The van der Waals surface area contributed by atoms with Crippen LogP contribution in [0.15, 0.2) is 12.2 Å². The number of amides is 1. The molecule has 30 heavy (non-hydrogen) atoms. The van der Waals surface area contributed by atoms with E-state index in [2.05, 4.69) is 29.3 Å². The van der Waals surface area contributed by atoms with Crippen LogP contribution in [0, 0.1) is 0 Å². The molecule has 0 heterocycles. The highest BCUT2D eigenvalue weighted by molar-refractivity contribution is 5.75. The van der Waals surface area contributed by atoms with Crippen LogP contribution in [0.5, 0.6) is 0 Å². The molecule has 1 N–H and O–H groups in total. The molecular formula is C27H54N2O. The third-order valence-corrected chi connectivity index (χ3v) is 5.77. The molecule has 0 bridgehead atoms. The Balaban J connectivity index is 3.16. The Labute approximate surface area is 189 Å². The van der Waals surface area contributed by atoms with Crippen LogP contribution in [-0.4, -0.2) is 38.0 Å². The Hall–Kier alpha value is -0.830. The van der Waals surface area contributed by atoms with Crippen LogP contribution in [0.2, 0.25) is 0 Å². The van der Waals surface area contributed by atoms with Crippen LogP contribution in [0.1, 0.15) is 129 Å². The van der Waals surface area contributed by atoms with Gasteiger partial charge in [-0.25, -0.2) is 0 Å². The van der Waals surface area contributed by atoms with E-state index in [1.54, 1.807) is 0 Å². The van der Waals surface area contributed by atoms with E-state index in [1.807, 2.05) is 14.1 Å². The van der Waals surface area contributed by atoms with Crippen molar-refractivity contribution in [1.29, 1.82) is 0 Å². The molecule has 1 amide bonds. The molecule has 0 aromatic heterocycles. The number of nitrogens with one attached hydrogen (secondary N) is 1. The van der Waals surface area contributed by atoms with Crippen molar-refractivity contribution < 1.29 is 4.79 Å². The van der Waals surface area contributed by atoms with Crippen molar-refractivity contribution in [3.05, 3.63) is 12.2 Å². The van der Waals surface area contributed by atoms with Gasteiger partial charge in [0.05, 0.1) is 0 Å². The fourth-order valence-electron chi connectivity index (χ4n) is 3.77. The number of carbonyl (C=O) groups is 1. The number of nitrogens with zero attached hydrogens (tertiary/aromatic N) is 1.